The molecular formula is C38H55N5O14. The molecule has 0 spiro atoms. The van der Waals surface area contributed by atoms with Crippen molar-refractivity contribution in [3.05, 3.63) is 35.9 Å². The Balaban J connectivity index is 2.38. The molecule has 316 valence electrons. The number of aliphatic carboxylic acids is 3. The van der Waals surface area contributed by atoms with Gasteiger partial charge in [0.05, 0.1) is 25.6 Å². The molecule has 57 heavy (non-hydrogen) atoms. The first-order valence-electron chi connectivity index (χ1n) is 18.8. The summed E-state index contributed by atoms with van der Waals surface area (Å²) >= 11 is 0. The van der Waals surface area contributed by atoms with Crippen LogP contribution in [0.1, 0.15) is 85.6 Å². The quantitative estimate of drug-likeness (QED) is 0.0746. The number of nitrogens with one attached hydrogen (secondary N) is 4. The van der Waals surface area contributed by atoms with Crippen molar-refractivity contribution in [2.24, 2.45) is 11.8 Å². The van der Waals surface area contributed by atoms with Crippen LogP contribution in [0.3, 0.4) is 0 Å². The molecule has 1 saturated heterocycles. The van der Waals surface area contributed by atoms with Crippen LogP contribution in [0.4, 0.5) is 0 Å². The second-order valence-electron chi connectivity index (χ2n) is 14.3. The molecule has 7 N–H and O–H groups in total. The molecule has 1 aromatic rings. The Bertz CT molecular complexity index is 1590. The van der Waals surface area contributed by atoms with Crippen molar-refractivity contribution in [2.45, 2.75) is 129 Å². The standard InChI is InChI=1S/C38H55N5O14/c1-7-12-25(37(53)54)40-34(50)28-15-24(56-19-23-13-10-9-11-14-23)18-43(28)36(52)31(20(3)4)42-35(51)32(21(5)8-2)57-38(55)27(17-30(47)48)41-33(49)26(16-29(45)46)39-22(6)44/h9-11,13-14,20-21,24-28,31-32H,7-8,12,15-19H2,1-6H3,(H,39,44)(H,40,50)(H,41,49)(H,42,51)(H,45,46)(H,47,48)(H,53,54)/t21-,24-,25+,26+,27+,28?,31?,32+/m1/s1. The van der Waals surface area contributed by atoms with E-state index in [1.54, 1.807) is 34.6 Å². The number of likely N-dealkylation sites (tertiary alicyclic amines) is 1. The minimum atomic E-state index is -1.92. The second kappa shape index (κ2) is 22.8. The molecule has 2 unspecified atom stereocenters. The SMILES string of the molecule is CCC[C@H](NC(=O)C1C[C@@H](OCc2ccccc2)CN1C(=O)C(NC(=O)[C@@H](OC(=O)[C@H](CC(=O)O)NC(=O)[C@H](CC(=O)O)NC(C)=O)[C@H](C)CC)C(C)C)C(=O)O. The lowest BCUT2D eigenvalue weighted by Gasteiger charge is -2.32. The fourth-order valence-electron chi connectivity index (χ4n) is 6.06. The summed E-state index contributed by atoms with van der Waals surface area (Å²) in [6.45, 7) is 9.36. The van der Waals surface area contributed by atoms with Crippen molar-refractivity contribution in [3.63, 3.8) is 0 Å². The van der Waals surface area contributed by atoms with E-state index in [9.17, 15) is 58.5 Å². The summed E-state index contributed by atoms with van der Waals surface area (Å²) in [5.74, 6) is -11.3. The smallest absolute Gasteiger partial charge is 0.330 e. The summed E-state index contributed by atoms with van der Waals surface area (Å²) in [5.41, 5.74) is 0.841. The summed E-state index contributed by atoms with van der Waals surface area (Å²) in [7, 11) is 0. The fourth-order valence-corrected chi connectivity index (χ4v) is 6.06. The summed E-state index contributed by atoms with van der Waals surface area (Å²) in [5, 5.41) is 37.7. The normalized spacial score (nSPS) is 18.2. The van der Waals surface area contributed by atoms with Gasteiger partial charge in [0.15, 0.2) is 6.10 Å². The van der Waals surface area contributed by atoms with Crippen LogP contribution in [0, 0.1) is 11.8 Å². The van der Waals surface area contributed by atoms with Gasteiger partial charge in [-0.25, -0.2) is 9.59 Å². The topological polar surface area (TPSA) is 284 Å². The van der Waals surface area contributed by atoms with E-state index in [0.717, 1.165) is 12.5 Å². The molecule has 1 aliphatic heterocycles. The fraction of sp³-hybridized carbons (Fsp3) is 0.605. The van der Waals surface area contributed by atoms with E-state index < -0.39 is 121 Å². The maximum Gasteiger partial charge on any atom is 0.330 e. The zero-order valence-corrected chi connectivity index (χ0v) is 33.0. The average molecular weight is 806 g/mol. The third-order valence-electron chi connectivity index (χ3n) is 9.31. The minimum Gasteiger partial charge on any atom is -0.481 e. The number of esters is 1. The van der Waals surface area contributed by atoms with Gasteiger partial charge in [-0.05, 0) is 24.3 Å². The van der Waals surface area contributed by atoms with Crippen LogP contribution in [-0.2, 0) is 59.2 Å². The number of amides is 5. The van der Waals surface area contributed by atoms with E-state index in [1.807, 2.05) is 30.3 Å². The van der Waals surface area contributed by atoms with Gasteiger partial charge < -0.3 is 51.0 Å². The number of carboxylic acid groups (broad SMARTS) is 3. The predicted octanol–water partition coefficient (Wildman–Crippen LogP) is 0.580. The van der Waals surface area contributed by atoms with Crippen molar-refractivity contribution < 1.29 is 67.9 Å². The lowest BCUT2D eigenvalue weighted by atomic mass is 9.98. The number of carbonyl (C=O) groups is 9. The summed E-state index contributed by atoms with van der Waals surface area (Å²) in [6.07, 6.45) is -3.30. The monoisotopic (exact) mass is 805 g/mol. The van der Waals surface area contributed by atoms with Crippen LogP contribution in [0.15, 0.2) is 30.3 Å². The highest BCUT2D eigenvalue weighted by atomic mass is 16.6. The van der Waals surface area contributed by atoms with Crippen LogP contribution in [0.2, 0.25) is 0 Å². The number of carboxylic acids is 3. The van der Waals surface area contributed by atoms with Crippen molar-refractivity contribution in [1.82, 2.24) is 26.2 Å². The first-order chi connectivity index (χ1) is 26.8. The lowest BCUT2D eigenvalue weighted by Crippen LogP contribution is -2.58. The van der Waals surface area contributed by atoms with E-state index in [-0.39, 0.29) is 32.4 Å². The third-order valence-corrected chi connectivity index (χ3v) is 9.31. The zero-order chi connectivity index (χ0) is 43.0. The number of rotatable bonds is 23. The first-order valence-corrected chi connectivity index (χ1v) is 18.8. The Labute approximate surface area is 330 Å². The van der Waals surface area contributed by atoms with E-state index in [0.29, 0.717) is 6.42 Å². The summed E-state index contributed by atoms with van der Waals surface area (Å²) < 4.78 is 11.6. The van der Waals surface area contributed by atoms with E-state index in [4.69, 9.17) is 9.47 Å². The molecule has 1 fully saturated rings. The molecule has 0 bridgehead atoms. The molecule has 0 aromatic heterocycles. The Morgan fingerprint density at radius 1 is 0.807 bits per heavy atom. The van der Waals surface area contributed by atoms with Gasteiger partial charge in [0.2, 0.25) is 23.6 Å². The van der Waals surface area contributed by atoms with Crippen LogP contribution in [-0.4, -0.2) is 123 Å². The first kappa shape index (κ1) is 47.6. The Morgan fingerprint density at radius 2 is 1.42 bits per heavy atom. The zero-order valence-electron chi connectivity index (χ0n) is 33.0. The Kier molecular flexibility index (Phi) is 19.1. The number of hydrogen-bond donors (Lipinski definition) is 7. The largest absolute Gasteiger partial charge is 0.481 e. The molecule has 1 aromatic carbocycles. The molecule has 19 heteroatoms. The number of hydrogen-bond acceptors (Lipinski definition) is 11. The number of nitrogens with zero attached hydrogens (tertiary/aromatic N) is 1. The average Bonchev–Trinajstić information content (AvgIpc) is 3.58. The van der Waals surface area contributed by atoms with Crippen LogP contribution in [0.25, 0.3) is 0 Å². The highest BCUT2D eigenvalue weighted by Gasteiger charge is 2.45. The molecule has 1 aliphatic rings. The highest BCUT2D eigenvalue weighted by molar-refractivity contribution is 5.96. The molecule has 19 nitrogen and oxygen atoms in total. The van der Waals surface area contributed by atoms with E-state index >= 15 is 0 Å². The third kappa shape index (κ3) is 15.1. The van der Waals surface area contributed by atoms with Crippen molar-refractivity contribution in [1.29, 1.82) is 0 Å². The lowest BCUT2D eigenvalue weighted by molar-refractivity contribution is -0.164. The van der Waals surface area contributed by atoms with Gasteiger partial charge in [-0.2, -0.15) is 0 Å². The minimum absolute atomic E-state index is 0.0285. The number of benzene rings is 1. The van der Waals surface area contributed by atoms with Crippen LogP contribution in [0.5, 0.6) is 0 Å². The van der Waals surface area contributed by atoms with E-state index in [2.05, 4.69) is 21.3 Å². The summed E-state index contributed by atoms with van der Waals surface area (Å²) in [6, 6.07) is 1.91. The highest BCUT2D eigenvalue weighted by Crippen LogP contribution is 2.25. The van der Waals surface area contributed by atoms with Crippen molar-refractivity contribution in [2.75, 3.05) is 6.54 Å². The maximum absolute atomic E-state index is 14.3. The molecule has 0 aliphatic carbocycles. The van der Waals surface area contributed by atoms with Gasteiger partial charge in [-0.1, -0.05) is 71.4 Å². The van der Waals surface area contributed by atoms with Crippen molar-refractivity contribution in [3.8, 4) is 0 Å². The Hall–Kier alpha value is -5.59. The van der Waals surface area contributed by atoms with Gasteiger partial charge in [-0.15, -0.1) is 0 Å². The molecular weight excluding hydrogens is 750 g/mol. The second-order valence-corrected chi connectivity index (χ2v) is 14.3. The van der Waals surface area contributed by atoms with Gasteiger partial charge in [0.25, 0.3) is 5.91 Å². The molecule has 0 saturated carbocycles. The molecule has 8 atom stereocenters. The maximum atomic E-state index is 14.3. The van der Waals surface area contributed by atoms with Gasteiger partial charge in [-0.3, -0.25) is 33.6 Å². The van der Waals surface area contributed by atoms with Gasteiger partial charge in [0.1, 0.15) is 30.2 Å². The molecule has 2 rings (SSSR count). The molecule has 5 amide bonds. The van der Waals surface area contributed by atoms with E-state index in [1.165, 1.54) is 4.90 Å². The Morgan fingerprint density at radius 3 is 1.95 bits per heavy atom. The number of ether oxygens (including phenoxy) is 2. The van der Waals surface area contributed by atoms with Gasteiger partial charge >= 0.3 is 23.9 Å². The van der Waals surface area contributed by atoms with Crippen LogP contribution >= 0.6 is 0 Å². The predicted molar refractivity (Wildman–Crippen MR) is 200 cm³/mol. The molecule has 0 radical (unpaired) electrons. The van der Waals surface area contributed by atoms with Crippen molar-refractivity contribution >= 4 is 53.4 Å². The van der Waals surface area contributed by atoms with Crippen LogP contribution < -0.4 is 21.3 Å². The molecule has 1 heterocycles. The summed E-state index contributed by atoms with van der Waals surface area (Å²) in [4.78, 5) is 116. The number of carbonyl (C=O) groups excluding carboxylic acids is 6. The van der Waals surface area contributed by atoms with Gasteiger partial charge in [0, 0.05) is 25.8 Å².